The highest BCUT2D eigenvalue weighted by molar-refractivity contribution is 5.85. The first kappa shape index (κ1) is 15.0. The number of pyridine rings is 1. The monoisotopic (exact) mass is 224 g/mol. The fraction of sp³-hybridized carbons (Fsp3) is 0.375. The maximum absolute atomic E-state index is 5.64. The second-order valence-corrected chi connectivity index (χ2v) is 2.45. The molecule has 1 atom stereocenters. The van der Waals surface area contributed by atoms with Crippen molar-refractivity contribution in [1.29, 1.82) is 0 Å². The third-order valence-electron chi connectivity index (χ3n) is 1.50. The second-order valence-electron chi connectivity index (χ2n) is 2.45. The average Bonchev–Trinajstić information content (AvgIpc) is 2.05. The first-order valence-corrected chi connectivity index (χ1v) is 3.48. The molecular weight excluding hydrogens is 211 g/mol. The summed E-state index contributed by atoms with van der Waals surface area (Å²) in [6.45, 7) is 1.91. The van der Waals surface area contributed by atoms with Gasteiger partial charge in [-0.25, -0.2) is 0 Å². The van der Waals surface area contributed by atoms with Crippen LogP contribution in [0.25, 0.3) is 0 Å². The van der Waals surface area contributed by atoms with Crippen LogP contribution < -0.4 is 10.5 Å². The summed E-state index contributed by atoms with van der Waals surface area (Å²) in [7, 11) is 1.61. The number of methoxy groups -OCH3 is 1. The van der Waals surface area contributed by atoms with Crippen LogP contribution in [0.2, 0.25) is 0 Å². The molecule has 2 N–H and O–H groups in total. The Labute approximate surface area is 90.5 Å². The minimum Gasteiger partial charge on any atom is -0.495 e. The number of aromatic nitrogens is 1. The Balaban J connectivity index is 0. The molecule has 0 saturated carbocycles. The van der Waals surface area contributed by atoms with Crippen molar-refractivity contribution >= 4 is 24.8 Å². The zero-order chi connectivity index (χ0) is 8.27. The second kappa shape index (κ2) is 6.95. The summed E-state index contributed by atoms with van der Waals surface area (Å²) in [5.74, 6) is 0.750. The summed E-state index contributed by atoms with van der Waals surface area (Å²) in [5.41, 5.74) is 6.63. The lowest BCUT2D eigenvalue weighted by atomic mass is 10.1. The summed E-state index contributed by atoms with van der Waals surface area (Å²) in [4.78, 5) is 3.97. The van der Waals surface area contributed by atoms with Crippen LogP contribution in [0.3, 0.4) is 0 Å². The summed E-state index contributed by atoms with van der Waals surface area (Å²) in [5, 5.41) is 0. The number of rotatable bonds is 2. The third kappa shape index (κ3) is 4.31. The van der Waals surface area contributed by atoms with E-state index in [1.165, 1.54) is 0 Å². The average molecular weight is 225 g/mol. The number of ether oxygens (including phenoxy) is 1. The molecule has 0 aliphatic rings. The van der Waals surface area contributed by atoms with Gasteiger partial charge in [-0.2, -0.15) is 0 Å². The SMILES string of the molecule is COc1cncc(C(C)N)c1.Cl.Cl. The van der Waals surface area contributed by atoms with E-state index in [1.54, 1.807) is 19.5 Å². The molecule has 0 aliphatic carbocycles. The van der Waals surface area contributed by atoms with Crippen LogP contribution in [0.5, 0.6) is 5.75 Å². The molecule has 0 aliphatic heterocycles. The van der Waals surface area contributed by atoms with E-state index in [1.807, 2.05) is 13.0 Å². The Morgan fingerprint density at radius 1 is 1.38 bits per heavy atom. The largest absolute Gasteiger partial charge is 0.495 e. The Morgan fingerprint density at radius 2 is 2.00 bits per heavy atom. The zero-order valence-corrected chi connectivity index (χ0v) is 9.19. The standard InChI is InChI=1S/C8H12N2O.2ClH/c1-6(9)7-3-8(11-2)5-10-4-7;;/h3-6H,9H2,1-2H3;2*1H. The Bertz CT molecular complexity index is 243. The van der Waals surface area contributed by atoms with Gasteiger partial charge in [-0.1, -0.05) is 0 Å². The molecule has 3 nitrogen and oxygen atoms in total. The van der Waals surface area contributed by atoms with E-state index in [2.05, 4.69) is 4.98 Å². The van der Waals surface area contributed by atoms with Gasteiger partial charge in [0, 0.05) is 12.2 Å². The number of halogens is 2. The molecule has 0 aromatic carbocycles. The molecule has 0 bridgehead atoms. The Hall–Kier alpha value is -0.510. The molecule has 0 saturated heterocycles. The fourth-order valence-corrected chi connectivity index (χ4v) is 0.796. The van der Waals surface area contributed by atoms with Crippen LogP contribution in [-0.2, 0) is 0 Å². The molecule has 1 aromatic heterocycles. The molecule has 1 aromatic rings. The van der Waals surface area contributed by atoms with Gasteiger partial charge < -0.3 is 10.5 Å². The summed E-state index contributed by atoms with van der Waals surface area (Å²) < 4.78 is 4.99. The number of nitrogens with two attached hydrogens (primary N) is 1. The van der Waals surface area contributed by atoms with Crippen molar-refractivity contribution in [2.75, 3.05) is 7.11 Å². The normalized spacial score (nSPS) is 10.7. The number of hydrogen-bond acceptors (Lipinski definition) is 3. The lowest BCUT2D eigenvalue weighted by Gasteiger charge is -2.05. The molecular formula is C8H14Cl2N2O. The highest BCUT2D eigenvalue weighted by Gasteiger charge is 2.00. The van der Waals surface area contributed by atoms with Gasteiger partial charge in [0.25, 0.3) is 0 Å². The van der Waals surface area contributed by atoms with Crippen LogP contribution in [0.15, 0.2) is 18.5 Å². The van der Waals surface area contributed by atoms with Gasteiger partial charge in [0.2, 0.25) is 0 Å². The van der Waals surface area contributed by atoms with Crippen LogP contribution >= 0.6 is 24.8 Å². The first-order valence-electron chi connectivity index (χ1n) is 3.48. The van der Waals surface area contributed by atoms with Crippen LogP contribution in [0.4, 0.5) is 0 Å². The van der Waals surface area contributed by atoms with Gasteiger partial charge in [0.15, 0.2) is 0 Å². The highest BCUT2D eigenvalue weighted by atomic mass is 35.5. The maximum atomic E-state index is 5.64. The molecule has 76 valence electrons. The quantitative estimate of drug-likeness (QED) is 0.836. The van der Waals surface area contributed by atoms with E-state index in [4.69, 9.17) is 10.5 Å². The molecule has 0 amide bonds. The number of hydrogen-bond donors (Lipinski definition) is 1. The van der Waals surface area contributed by atoms with Crippen molar-refractivity contribution in [2.45, 2.75) is 13.0 Å². The summed E-state index contributed by atoms with van der Waals surface area (Å²) in [6, 6.07) is 1.90. The van der Waals surface area contributed by atoms with Crippen LogP contribution in [0, 0.1) is 0 Å². The van der Waals surface area contributed by atoms with Crippen LogP contribution in [0.1, 0.15) is 18.5 Å². The predicted molar refractivity (Wildman–Crippen MR) is 57.9 cm³/mol. The molecule has 13 heavy (non-hydrogen) atoms. The topological polar surface area (TPSA) is 48.1 Å². The predicted octanol–water partition coefficient (Wildman–Crippen LogP) is 1.95. The van der Waals surface area contributed by atoms with Gasteiger partial charge in [0.05, 0.1) is 13.3 Å². The van der Waals surface area contributed by atoms with Crippen molar-refractivity contribution in [3.05, 3.63) is 24.0 Å². The third-order valence-corrected chi connectivity index (χ3v) is 1.50. The van der Waals surface area contributed by atoms with E-state index in [-0.39, 0.29) is 30.9 Å². The zero-order valence-electron chi connectivity index (χ0n) is 7.56. The molecule has 5 heteroatoms. The smallest absolute Gasteiger partial charge is 0.137 e. The molecule has 0 spiro atoms. The summed E-state index contributed by atoms with van der Waals surface area (Å²) >= 11 is 0. The van der Waals surface area contributed by atoms with Crippen molar-refractivity contribution < 1.29 is 4.74 Å². The highest BCUT2D eigenvalue weighted by Crippen LogP contribution is 2.14. The van der Waals surface area contributed by atoms with Crippen molar-refractivity contribution in [2.24, 2.45) is 5.73 Å². The Kier molecular flexibility index (Phi) is 8.01. The van der Waals surface area contributed by atoms with E-state index in [0.29, 0.717) is 0 Å². The Morgan fingerprint density at radius 3 is 2.46 bits per heavy atom. The lowest BCUT2D eigenvalue weighted by molar-refractivity contribution is 0.412. The molecule has 1 rings (SSSR count). The maximum Gasteiger partial charge on any atom is 0.137 e. The molecule has 0 fully saturated rings. The number of nitrogens with zero attached hydrogens (tertiary/aromatic N) is 1. The van der Waals surface area contributed by atoms with Crippen molar-refractivity contribution in [3.63, 3.8) is 0 Å². The minimum absolute atomic E-state index is 0. The van der Waals surface area contributed by atoms with E-state index >= 15 is 0 Å². The van der Waals surface area contributed by atoms with Crippen molar-refractivity contribution in [1.82, 2.24) is 4.98 Å². The van der Waals surface area contributed by atoms with E-state index in [0.717, 1.165) is 11.3 Å². The molecule has 0 radical (unpaired) electrons. The van der Waals surface area contributed by atoms with Gasteiger partial charge >= 0.3 is 0 Å². The minimum atomic E-state index is 0. The lowest BCUT2D eigenvalue weighted by Crippen LogP contribution is -2.05. The first-order chi connectivity index (χ1) is 5.24. The van der Waals surface area contributed by atoms with Gasteiger partial charge in [-0.15, -0.1) is 24.8 Å². The van der Waals surface area contributed by atoms with Crippen LogP contribution in [-0.4, -0.2) is 12.1 Å². The van der Waals surface area contributed by atoms with Gasteiger partial charge in [-0.05, 0) is 18.6 Å². The molecule has 1 heterocycles. The summed E-state index contributed by atoms with van der Waals surface area (Å²) in [6.07, 6.45) is 3.40. The molecule has 1 unspecified atom stereocenters. The van der Waals surface area contributed by atoms with E-state index < -0.39 is 0 Å². The van der Waals surface area contributed by atoms with E-state index in [9.17, 15) is 0 Å². The van der Waals surface area contributed by atoms with Crippen molar-refractivity contribution in [3.8, 4) is 5.75 Å². The van der Waals surface area contributed by atoms with Gasteiger partial charge in [0.1, 0.15) is 5.75 Å². The van der Waals surface area contributed by atoms with Gasteiger partial charge in [-0.3, -0.25) is 4.98 Å². The fourth-order valence-electron chi connectivity index (χ4n) is 0.796.